The van der Waals surface area contributed by atoms with Crippen LogP contribution in [-0.4, -0.2) is 31.3 Å². The first kappa shape index (κ1) is 12.2. The summed E-state index contributed by atoms with van der Waals surface area (Å²) in [7, 11) is 0. The van der Waals surface area contributed by atoms with Gasteiger partial charge in [0.25, 0.3) is 0 Å². The molecule has 0 aliphatic heterocycles. The molecule has 0 aliphatic rings. The Hall–Kier alpha value is -2.24. The smallest absolute Gasteiger partial charge is 0.330 e. The summed E-state index contributed by atoms with van der Waals surface area (Å²) in [4.78, 5) is 12.3. The van der Waals surface area contributed by atoms with Gasteiger partial charge in [-0.15, -0.1) is 15.0 Å². The third kappa shape index (κ3) is 2.37. The van der Waals surface area contributed by atoms with Gasteiger partial charge in [-0.25, -0.2) is 4.79 Å². The van der Waals surface area contributed by atoms with Gasteiger partial charge in [-0.3, -0.25) is 0 Å². The van der Waals surface area contributed by atoms with Crippen molar-refractivity contribution in [2.24, 2.45) is 5.92 Å². The number of hydrogen-bond acceptors (Lipinski definition) is 4. The van der Waals surface area contributed by atoms with E-state index in [9.17, 15) is 4.79 Å². The van der Waals surface area contributed by atoms with E-state index in [0.717, 1.165) is 10.4 Å². The zero-order valence-corrected chi connectivity index (χ0v) is 10.2. The zero-order chi connectivity index (χ0) is 13.1. The van der Waals surface area contributed by atoms with Crippen molar-refractivity contribution in [3.05, 3.63) is 30.3 Å². The van der Waals surface area contributed by atoms with Crippen LogP contribution in [0.1, 0.15) is 19.9 Å². The lowest BCUT2D eigenvalue weighted by atomic mass is 10.1. The van der Waals surface area contributed by atoms with E-state index in [1.165, 1.54) is 0 Å². The summed E-state index contributed by atoms with van der Waals surface area (Å²) < 4.78 is 0. The molecule has 6 heteroatoms. The second-order valence-corrected chi connectivity index (χ2v) is 4.33. The Morgan fingerprint density at radius 3 is 2.50 bits per heavy atom. The van der Waals surface area contributed by atoms with Gasteiger partial charge in [0, 0.05) is 5.56 Å². The van der Waals surface area contributed by atoms with E-state index < -0.39 is 12.0 Å². The third-order valence-corrected chi connectivity index (χ3v) is 2.59. The lowest BCUT2D eigenvalue weighted by Gasteiger charge is -2.13. The van der Waals surface area contributed by atoms with E-state index in [1.54, 1.807) is 0 Å². The number of nitrogens with zero attached hydrogens (tertiary/aromatic N) is 4. The van der Waals surface area contributed by atoms with E-state index in [4.69, 9.17) is 5.11 Å². The summed E-state index contributed by atoms with van der Waals surface area (Å²) in [6.45, 7) is 3.62. The van der Waals surface area contributed by atoms with Crippen LogP contribution in [0.3, 0.4) is 0 Å². The normalized spacial score (nSPS) is 12.6. The Kier molecular flexibility index (Phi) is 3.36. The molecule has 0 fully saturated rings. The van der Waals surface area contributed by atoms with Crippen LogP contribution in [0.2, 0.25) is 0 Å². The number of hydrogen-bond donors (Lipinski definition) is 1. The number of aliphatic carboxylic acids is 1. The fourth-order valence-electron chi connectivity index (χ4n) is 1.70. The number of carbonyl (C=O) groups is 1. The second kappa shape index (κ2) is 4.95. The number of benzene rings is 1. The van der Waals surface area contributed by atoms with E-state index in [1.807, 2.05) is 44.2 Å². The maximum absolute atomic E-state index is 11.2. The highest BCUT2D eigenvalue weighted by molar-refractivity contribution is 5.71. The molecule has 0 amide bonds. The van der Waals surface area contributed by atoms with Crippen LogP contribution < -0.4 is 0 Å². The molecule has 18 heavy (non-hydrogen) atoms. The van der Waals surface area contributed by atoms with E-state index in [0.29, 0.717) is 5.82 Å². The molecule has 0 saturated carbocycles. The lowest BCUT2D eigenvalue weighted by molar-refractivity contribution is -0.143. The molecule has 0 saturated heterocycles. The minimum absolute atomic E-state index is 0.111. The molecule has 1 heterocycles. The van der Waals surface area contributed by atoms with Crippen LogP contribution in [0.5, 0.6) is 0 Å². The van der Waals surface area contributed by atoms with Crippen molar-refractivity contribution in [2.75, 3.05) is 0 Å². The van der Waals surface area contributed by atoms with Gasteiger partial charge in [-0.2, -0.15) is 0 Å². The van der Waals surface area contributed by atoms with Crippen LogP contribution in [0.15, 0.2) is 30.3 Å². The molecule has 1 aromatic carbocycles. The molecule has 0 spiro atoms. The van der Waals surface area contributed by atoms with E-state index >= 15 is 0 Å². The van der Waals surface area contributed by atoms with Crippen LogP contribution in [0.4, 0.5) is 0 Å². The minimum Gasteiger partial charge on any atom is -0.480 e. The van der Waals surface area contributed by atoms with Gasteiger partial charge in [-0.05, 0) is 11.1 Å². The van der Waals surface area contributed by atoms with Gasteiger partial charge < -0.3 is 5.11 Å². The molecule has 0 bridgehead atoms. The fraction of sp³-hybridized carbons (Fsp3) is 0.333. The molecule has 1 N–H and O–H groups in total. The predicted octanol–water partition coefficient (Wildman–Crippen LogP) is 1.62. The third-order valence-electron chi connectivity index (χ3n) is 2.59. The van der Waals surface area contributed by atoms with Crippen molar-refractivity contribution in [1.82, 2.24) is 20.2 Å². The van der Waals surface area contributed by atoms with Crippen molar-refractivity contribution in [1.29, 1.82) is 0 Å². The van der Waals surface area contributed by atoms with Crippen LogP contribution in [0.25, 0.3) is 11.4 Å². The van der Waals surface area contributed by atoms with Gasteiger partial charge in [0.2, 0.25) is 5.82 Å². The van der Waals surface area contributed by atoms with Crippen LogP contribution >= 0.6 is 0 Å². The number of carboxylic acid groups (broad SMARTS) is 1. The first-order valence-corrected chi connectivity index (χ1v) is 5.67. The Morgan fingerprint density at radius 1 is 1.28 bits per heavy atom. The molecule has 1 unspecified atom stereocenters. The monoisotopic (exact) mass is 246 g/mol. The van der Waals surface area contributed by atoms with E-state index in [2.05, 4.69) is 15.4 Å². The van der Waals surface area contributed by atoms with Crippen molar-refractivity contribution >= 4 is 5.97 Å². The standard InChI is InChI=1S/C12H14N4O2/c1-8(2)10(12(17)18)16-14-11(13-15-16)9-6-4-3-5-7-9/h3-8,10H,1-2H3,(H,17,18). The van der Waals surface area contributed by atoms with Crippen LogP contribution in [0, 0.1) is 5.92 Å². The summed E-state index contributed by atoms with van der Waals surface area (Å²) >= 11 is 0. The summed E-state index contributed by atoms with van der Waals surface area (Å²) in [5, 5.41) is 21.0. The summed E-state index contributed by atoms with van der Waals surface area (Å²) in [5.74, 6) is -0.634. The average molecular weight is 246 g/mol. The highest BCUT2D eigenvalue weighted by atomic mass is 16.4. The van der Waals surface area contributed by atoms with Gasteiger partial charge in [-0.1, -0.05) is 44.2 Å². The fourth-order valence-corrected chi connectivity index (χ4v) is 1.70. The second-order valence-electron chi connectivity index (χ2n) is 4.33. The molecule has 0 radical (unpaired) electrons. The Bertz CT molecular complexity index is 536. The molecule has 1 atom stereocenters. The SMILES string of the molecule is CC(C)C(C(=O)O)n1nnc(-c2ccccc2)n1. The van der Waals surface area contributed by atoms with Crippen molar-refractivity contribution in [3.63, 3.8) is 0 Å². The summed E-state index contributed by atoms with van der Waals surface area (Å²) in [6, 6.07) is 8.54. The van der Waals surface area contributed by atoms with Crippen molar-refractivity contribution in [3.8, 4) is 11.4 Å². The number of tetrazole rings is 1. The Labute approximate surface area is 104 Å². The molecule has 0 aliphatic carbocycles. The van der Waals surface area contributed by atoms with E-state index in [-0.39, 0.29) is 5.92 Å². The predicted molar refractivity (Wildman–Crippen MR) is 64.8 cm³/mol. The molecule has 94 valence electrons. The highest BCUT2D eigenvalue weighted by Crippen LogP contribution is 2.18. The zero-order valence-electron chi connectivity index (χ0n) is 10.2. The first-order chi connectivity index (χ1) is 8.59. The molecule has 2 rings (SSSR count). The minimum atomic E-state index is -0.956. The molecular weight excluding hydrogens is 232 g/mol. The maximum atomic E-state index is 11.2. The number of rotatable bonds is 4. The molecular formula is C12H14N4O2. The quantitative estimate of drug-likeness (QED) is 0.886. The number of aromatic nitrogens is 4. The first-order valence-electron chi connectivity index (χ1n) is 5.67. The van der Waals surface area contributed by atoms with Gasteiger partial charge in [0.05, 0.1) is 0 Å². The van der Waals surface area contributed by atoms with Gasteiger partial charge in [0.15, 0.2) is 6.04 Å². The highest BCUT2D eigenvalue weighted by Gasteiger charge is 2.26. The van der Waals surface area contributed by atoms with Gasteiger partial charge in [0.1, 0.15) is 0 Å². The molecule has 1 aromatic heterocycles. The maximum Gasteiger partial charge on any atom is 0.330 e. The number of carboxylic acids is 1. The molecule has 2 aromatic rings. The van der Waals surface area contributed by atoms with Gasteiger partial charge >= 0.3 is 5.97 Å². The average Bonchev–Trinajstić information content (AvgIpc) is 2.78. The van der Waals surface area contributed by atoms with Crippen LogP contribution in [-0.2, 0) is 4.79 Å². The Morgan fingerprint density at radius 2 is 1.94 bits per heavy atom. The largest absolute Gasteiger partial charge is 0.480 e. The van der Waals surface area contributed by atoms with Crippen molar-refractivity contribution < 1.29 is 9.90 Å². The summed E-state index contributed by atoms with van der Waals surface area (Å²) in [6.07, 6.45) is 0. The Balaban J connectivity index is 2.33. The summed E-state index contributed by atoms with van der Waals surface area (Å²) in [5.41, 5.74) is 0.816. The van der Waals surface area contributed by atoms with Crippen molar-refractivity contribution in [2.45, 2.75) is 19.9 Å². The lowest BCUT2D eigenvalue weighted by Crippen LogP contribution is -2.26. The topological polar surface area (TPSA) is 80.9 Å². The molecule has 6 nitrogen and oxygen atoms in total.